The number of carbonyl (C=O) groups is 1. The topological polar surface area (TPSA) is 131 Å². The lowest BCUT2D eigenvalue weighted by molar-refractivity contribution is 0.105. The van der Waals surface area contributed by atoms with Gasteiger partial charge < -0.3 is 30.1 Å². The lowest BCUT2D eigenvalue weighted by atomic mass is 9.82. The number of aromatic nitrogens is 4. The predicted molar refractivity (Wildman–Crippen MR) is 150 cm³/mol. The van der Waals surface area contributed by atoms with Gasteiger partial charge in [0.25, 0.3) is 0 Å². The number of carbonyl (C=O) groups excluding carboxylic acids is 1. The Morgan fingerprint density at radius 3 is 2.79 bits per heavy atom. The Kier molecular flexibility index (Phi) is 7.82. The number of anilines is 1. The number of nitrogens with two attached hydrogens (primary N) is 1. The smallest absolute Gasteiger partial charge is 0.408 e. The van der Waals surface area contributed by atoms with E-state index in [0.717, 1.165) is 25.7 Å². The zero-order valence-corrected chi connectivity index (χ0v) is 22.2. The molecule has 1 aliphatic heterocycles. The molecule has 202 valence electrons. The summed E-state index contributed by atoms with van der Waals surface area (Å²) in [4.78, 5) is 27.5. The Hall–Kier alpha value is -3.94. The highest BCUT2D eigenvalue weighted by molar-refractivity contribution is 6.30. The minimum atomic E-state index is -1.18. The maximum Gasteiger partial charge on any atom is 0.408 e. The molecule has 2 aliphatic rings. The van der Waals surface area contributed by atoms with Crippen molar-refractivity contribution in [2.45, 2.75) is 38.3 Å². The van der Waals surface area contributed by atoms with Gasteiger partial charge >= 0.3 is 6.09 Å². The summed E-state index contributed by atoms with van der Waals surface area (Å²) in [5.41, 5.74) is 7.30. The van der Waals surface area contributed by atoms with E-state index in [1.165, 1.54) is 0 Å². The molecule has 2 aromatic heterocycles. The predicted octanol–water partition coefficient (Wildman–Crippen LogP) is 4.39. The summed E-state index contributed by atoms with van der Waals surface area (Å²) in [5, 5.41) is 11.0. The van der Waals surface area contributed by atoms with Crippen LogP contribution in [-0.2, 0) is 16.0 Å². The third kappa shape index (κ3) is 5.60. The molecular formula is C28H29ClN7O3-. The van der Waals surface area contributed by atoms with Crippen LogP contribution in [0.3, 0.4) is 0 Å². The number of terminal acetylenes is 1. The summed E-state index contributed by atoms with van der Waals surface area (Å²) in [6.45, 7) is 6.31. The first-order valence-electron chi connectivity index (χ1n) is 12.9. The monoisotopic (exact) mass is 546 g/mol. The number of morpholine rings is 1. The van der Waals surface area contributed by atoms with Crippen LogP contribution in [-0.4, -0.2) is 57.3 Å². The van der Waals surface area contributed by atoms with Gasteiger partial charge in [-0.3, -0.25) is 0 Å². The van der Waals surface area contributed by atoms with E-state index in [1.54, 1.807) is 12.1 Å². The number of halogens is 1. The maximum atomic E-state index is 11.3. The number of primary amides is 1. The Bertz CT molecular complexity index is 1460. The molecule has 3 heterocycles. The lowest BCUT2D eigenvalue weighted by Crippen LogP contribution is -2.45. The molecule has 0 bridgehead atoms. The van der Waals surface area contributed by atoms with Gasteiger partial charge in [-0.05, 0) is 43.7 Å². The van der Waals surface area contributed by atoms with Crippen molar-refractivity contribution in [3.63, 3.8) is 0 Å². The van der Waals surface area contributed by atoms with E-state index in [1.807, 2.05) is 18.2 Å². The number of benzene rings is 1. The molecule has 0 spiro atoms. The van der Waals surface area contributed by atoms with Gasteiger partial charge in [-0.1, -0.05) is 29.8 Å². The number of rotatable bonds is 6. The van der Waals surface area contributed by atoms with Crippen molar-refractivity contribution in [3.8, 4) is 23.6 Å². The number of amides is 1. The fourth-order valence-corrected chi connectivity index (χ4v) is 5.52. The number of hydrogen-bond acceptors (Lipinski definition) is 7. The number of ether oxygens (including phenoxy) is 2. The molecule has 1 atom stereocenters. The van der Waals surface area contributed by atoms with Gasteiger partial charge in [0.2, 0.25) is 5.95 Å². The van der Waals surface area contributed by atoms with Crippen molar-refractivity contribution in [2.24, 2.45) is 17.6 Å². The van der Waals surface area contributed by atoms with E-state index >= 15 is 0 Å². The fraction of sp³-hybridized carbons (Fsp3) is 0.393. The van der Waals surface area contributed by atoms with Gasteiger partial charge in [0.05, 0.1) is 25.2 Å². The third-order valence-corrected chi connectivity index (χ3v) is 7.52. The van der Waals surface area contributed by atoms with Crippen molar-refractivity contribution < 1.29 is 14.3 Å². The van der Waals surface area contributed by atoms with Gasteiger partial charge in [0.15, 0.2) is 11.5 Å². The molecule has 3 aromatic rings. The Morgan fingerprint density at radius 1 is 1.31 bits per heavy atom. The van der Waals surface area contributed by atoms with Crippen LogP contribution < -0.4 is 10.6 Å². The minimum absolute atomic E-state index is 0.0910. The standard InChI is InChI=1S/C28H29ClN7O3/c1-3-17-8-10-18(11-9-17)15-36-23-22(19-6-5-7-20(29)14-19)32-26(24(30)39-27(31)37)33-25(23)34-28(36)35-12-13-38-16-21(35)4-2/h1,4-7,14,17-18,21H,2,8-13,15-16H2,(H2,31,37)/q-1/t17?,18?,21-/m1/s1. The second-order valence-corrected chi connectivity index (χ2v) is 10.2. The highest BCUT2D eigenvalue weighted by Gasteiger charge is 2.30. The quantitative estimate of drug-likeness (QED) is 0.210. The number of hydrogen-bond donors (Lipinski definition) is 1. The molecule has 5 rings (SSSR count). The zero-order valence-electron chi connectivity index (χ0n) is 21.4. The van der Waals surface area contributed by atoms with Crippen molar-refractivity contribution >= 4 is 40.7 Å². The van der Waals surface area contributed by atoms with E-state index in [2.05, 4.69) is 31.9 Å². The SMILES string of the molecule is C#CC1CCC(Cn2c(N3CCOC[C@H]3C=C)nc3nc(C(=[N-])OC(N)=O)nc(-c4cccc(Cl)c4)c32)CC1. The van der Waals surface area contributed by atoms with Gasteiger partial charge in [0.1, 0.15) is 11.2 Å². The van der Waals surface area contributed by atoms with Gasteiger partial charge in [-0.15, -0.1) is 18.9 Å². The first kappa shape index (κ1) is 26.7. The number of nitrogens with zero attached hydrogens (tertiary/aromatic N) is 6. The average molecular weight is 547 g/mol. The van der Waals surface area contributed by atoms with Crippen LogP contribution in [0.2, 0.25) is 5.02 Å². The molecule has 0 radical (unpaired) electrons. The fourth-order valence-electron chi connectivity index (χ4n) is 5.33. The molecular weight excluding hydrogens is 518 g/mol. The van der Waals surface area contributed by atoms with Crippen LogP contribution in [0, 0.1) is 24.2 Å². The van der Waals surface area contributed by atoms with E-state index in [4.69, 9.17) is 38.2 Å². The van der Waals surface area contributed by atoms with E-state index in [-0.39, 0.29) is 11.9 Å². The molecule has 1 aromatic carbocycles. The summed E-state index contributed by atoms with van der Waals surface area (Å²) < 4.78 is 12.5. The summed E-state index contributed by atoms with van der Waals surface area (Å²) in [7, 11) is 0. The number of imidazole rings is 1. The van der Waals surface area contributed by atoms with Crippen LogP contribution >= 0.6 is 11.6 Å². The highest BCUT2D eigenvalue weighted by atomic mass is 35.5. The van der Waals surface area contributed by atoms with Crippen LogP contribution in [0.15, 0.2) is 36.9 Å². The Labute approximate surface area is 231 Å². The average Bonchev–Trinajstić information content (AvgIpc) is 3.30. The van der Waals surface area contributed by atoms with Gasteiger partial charge in [-0.25, -0.2) is 14.8 Å². The van der Waals surface area contributed by atoms with Crippen molar-refractivity contribution in [3.05, 3.63) is 53.2 Å². The van der Waals surface area contributed by atoms with E-state index < -0.39 is 12.0 Å². The van der Waals surface area contributed by atoms with E-state index in [0.29, 0.717) is 71.5 Å². The number of fused-ring (bicyclic) bond motifs is 1. The van der Waals surface area contributed by atoms with Crippen LogP contribution in [0.4, 0.5) is 10.7 Å². The molecule has 11 heteroatoms. The molecule has 1 saturated carbocycles. The Balaban J connectivity index is 1.71. The molecule has 39 heavy (non-hydrogen) atoms. The molecule has 2 N–H and O–H groups in total. The van der Waals surface area contributed by atoms with Gasteiger partial charge in [-0.2, -0.15) is 4.98 Å². The first-order chi connectivity index (χ1) is 18.9. The lowest BCUT2D eigenvalue weighted by Gasteiger charge is -2.35. The molecule has 2 fully saturated rings. The molecule has 1 amide bonds. The van der Waals surface area contributed by atoms with Crippen molar-refractivity contribution in [1.29, 1.82) is 0 Å². The first-order valence-corrected chi connectivity index (χ1v) is 13.3. The van der Waals surface area contributed by atoms with Crippen molar-refractivity contribution in [2.75, 3.05) is 24.7 Å². The zero-order chi connectivity index (χ0) is 27.5. The summed E-state index contributed by atoms with van der Waals surface area (Å²) in [6.07, 6.45) is 10.3. The minimum Gasteiger partial charge on any atom is -0.767 e. The van der Waals surface area contributed by atoms with Crippen LogP contribution in [0.5, 0.6) is 0 Å². The van der Waals surface area contributed by atoms with Gasteiger partial charge in [0, 0.05) is 29.6 Å². The summed E-state index contributed by atoms with van der Waals surface area (Å²) >= 11 is 6.35. The molecule has 1 saturated heterocycles. The maximum absolute atomic E-state index is 11.3. The second kappa shape index (κ2) is 11.4. The Morgan fingerprint density at radius 2 is 2.10 bits per heavy atom. The van der Waals surface area contributed by atoms with Crippen LogP contribution in [0.25, 0.3) is 27.8 Å². The molecule has 10 nitrogen and oxygen atoms in total. The third-order valence-electron chi connectivity index (χ3n) is 7.29. The normalized spacial score (nSPS) is 21.3. The van der Waals surface area contributed by atoms with E-state index in [9.17, 15) is 10.2 Å². The van der Waals surface area contributed by atoms with Crippen molar-refractivity contribution in [1.82, 2.24) is 19.5 Å². The summed E-state index contributed by atoms with van der Waals surface area (Å²) in [5.74, 6) is 3.25. The van der Waals surface area contributed by atoms with Crippen LogP contribution in [0.1, 0.15) is 31.5 Å². The second-order valence-electron chi connectivity index (χ2n) is 9.78. The molecule has 0 unspecified atom stereocenters. The largest absolute Gasteiger partial charge is 0.767 e. The molecule has 1 aliphatic carbocycles. The summed E-state index contributed by atoms with van der Waals surface area (Å²) in [6, 6.07) is 7.12. The highest BCUT2D eigenvalue weighted by Crippen LogP contribution is 2.36.